The van der Waals surface area contributed by atoms with Crippen molar-refractivity contribution in [1.82, 2.24) is 19.4 Å². The molecule has 0 bridgehead atoms. The van der Waals surface area contributed by atoms with Gasteiger partial charge in [-0.25, -0.2) is 13.1 Å². The van der Waals surface area contributed by atoms with Crippen molar-refractivity contribution in [3.63, 3.8) is 0 Å². The van der Waals surface area contributed by atoms with Crippen molar-refractivity contribution in [2.45, 2.75) is 37.2 Å². The van der Waals surface area contributed by atoms with Crippen LogP contribution in [0.1, 0.15) is 19.8 Å². The molecule has 1 fully saturated rings. The summed E-state index contributed by atoms with van der Waals surface area (Å²) in [6.45, 7) is 5.81. The fourth-order valence-corrected chi connectivity index (χ4v) is 3.73. The summed E-state index contributed by atoms with van der Waals surface area (Å²) < 4.78 is 34.2. The average molecular weight is 316 g/mol. The van der Waals surface area contributed by atoms with Crippen LogP contribution in [0.4, 0.5) is 0 Å². The lowest BCUT2D eigenvalue weighted by atomic mass is 10.1. The van der Waals surface area contributed by atoms with Gasteiger partial charge in [-0.2, -0.15) is 5.10 Å². The number of sulfonamides is 1. The molecule has 8 heteroatoms. The molecule has 1 atom stereocenters. The lowest BCUT2D eigenvalue weighted by Crippen LogP contribution is -2.48. The van der Waals surface area contributed by atoms with E-state index in [4.69, 9.17) is 4.74 Å². The second-order valence-electron chi connectivity index (χ2n) is 5.29. The number of aryl methyl sites for hydroxylation is 1. The first kappa shape index (κ1) is 16.4. The Morgan fingerprint density at radius 2 is 2.33 bits per heavy atom. The molecule has 0 saturated carbocycles. The number of hydrogen-bond acceptors (Lipinski definition) is 5. The Hall–Kier alpha value is -0.960. The molecular weight excluding hydrogens is 292 g/mol. The standard InChI is InChI=1S/C13H24N4O3S/c1-3-17-11-13(9-14-17)21(18,19)15-12-5-4-6-16(10-12)7-8-20-2/h9,11-12,15H,3-8,10H2,1-2H3/t12-/m0/s1. The van der Waals surface area contributed by atoms with Crippen molar-refractivity contribution >= 4 is 10.0 Å². The minimum Gasteiger partial charge on any atom is -0.383 e. The number of likely N-dealkylation sites (tertiary alicyclic amines) is 1. The zero-order valence-electron chi connectivity index (χ0n) is 12.7. The van der Waals surface area contributed by atoms with Gasteiger partial charge in [-0.15, -0.1) is 0 Å². The Bertz CT molecular complexity index is 543. The van der Waals surface area contributed by atoms with E-state index >= 15 is 0 Å². The highest BCUT2D eigenvalue weighted by Gasteiger charge is 2.25. The zero-order chi connectivity index (χ0) is 15.3. The predicted octanol–water partition coefficient (Wildman–Crippen LogP) is 0.292. The maximum atomic E-state index is 12.3. The van der Waals surface area contributed by atoms with Crippen molar-refractivity contribution in [3.8, 4) is 0 Å². The molecule has 1 aliphatic rings. The van der Waals surface area contributed by atoms with Gasteiger partial charge < -0.3 is 4.74 Å². The number of hydrogen-bond donors (Lipinski definition) is 1. The van der Waals surface area contributed by atoms with Gasteiger partial charge in [0.05, 0.1) is 12.8 Å². The number of piperidine rings is 1. The summed E-state index contributed by atoms with van der Waals surface area (Å²) in [5, 5.41) is 4.02. The third kappa shape index (κ3) is 4.50. The van der Waals surface area contributed by atoms with E-state index in [-0.39, 0.29) is 10.9 Å². The third-order valence-electron chi connectivity index (χ3n) is 3.68. The smallest absolute Gasteiger partial charge is 0.243 e. The van der Waals surface area contributed by atoms with Gasteiger partial charge in [0.15, 0.2) is 0 Å². The molecule has 0 amide bonds. The van der Waals surface area contributed by atoms with Crippen LogP contribution in [0.2, 0.25) is 0 Å². The van der Waals surface area contributed by atoms with E-state index in [2.05, 4.69) is 14.7 Å². The lowest BCUT2D eigenvalue weighted by Gasteiger charge is -2.32. The van der Waals surface area contributed by atoms with Gasteiger partial charge in [-0.1, -0.05) is 0 Å². The molecule has 1 N–H and O–H groups in total. The SMILES string of the molecule is CCn1cc(S(=O)(=O)N[C@H]2CCCN(CCOC)C2)cn1. The molecule has 120 valence electrons. The second kappa shape index (κ2) is 7.35. The van der Waals surface area contributed by atoms with Crippen LogP contribution in [-0.2, 0) is 21.3 Å². The predicted molar refractivity (Wildman–Crippen MR) is 79.6 cm³/mol. The van der Waals surface area contributed by atoms with Crippen LogP contribution in [0.25, 0.3) is 0 Å². The first-order chi connectivity index (χ1) is 10.0. The summed E-state index contributed by atoms with van der Waals surface area (Å²) in [5.41, 5.74) is 0. The van der Waals surface area contributed by atoms with Crippen LogP contribution >= 0.6 is 0 Å². The molecular formula is C13H24N4O3S. The number of nitrogens with one attached hydrogen (secondary N) is 1. The summed E-state index contributed by atoms with van der Waals surface area (Å²) in [5.74, 6) is 0. The Morgan fingerprint density at radius 1 is 1.52 bits per heavy atom. The maximum Gasteiger partial charge on any atom is 0.243 e. The highest BCUT2D eigenvalue weighted by atomic mass is 32.2. The van der Waals surface area contributed by atoms with Crippen molar-refractivity contribution in [3.05, 3.63) is 12.4 Å². The van der Waals surface area contributed by atoms with Crippen LogP contribution < -0.4 is 4.72 Å². The summed E-state index contributed by atoms with van der Waals surface area (Å²) in [7, 11) is -1.81. The van der Waals surface area contributed by atoms with E-state index in [1.807, 2.05) is 6.92 Å². The fraction of sp³-hybridized carbons (Fsp3) is 0.769. The largest absolute Gasteiger partial charge is 0.383 e. The van der Waals surface area contributed by atoms with Gasteiger partial charge in [-0.3, -0.25) is 9.58 Å². The van der Waals surface area contributed by atoms with Gasteiger partial charge >= 0.3 is 0 Å². The molecule has 1 saturated heterocycles. The van der Waals surface area contributed by atoms with E-state index in [9.17, 15) is 8.42 Å². The minimum absolute atomic E-state index is 0.0504. The summed E-state index contributed by atoms with van der Waals surface area (Å²) in [4.78, 5) is 2.47. The fourth-order valence-electron chi connectivity index (χ4n) is 2.52. The van der Waals surface area contributed by atoms with Gasteiger partial charge in [0.25, 0.3) is 0 Å². The summed E-state index contributed by atoms with van der Waals surface area (Å²) in [6, 6.07) is -0.0504. The highest BCUT2D eigenvalue weighted by molar-refractivity contribution is 7.89. The van der Waals surface area contributed by atoms with Crippen LogP contribution in [-0.4, -0.2) is 62.5 Å². The molecule has 2 rings (SSSR count). The van der Waals surface area contributed by atoms with Gasteiger partial charge in [0.1, 0.15) is 4.90 Å². The molecule has 0 aromatic carbocycles. The molecule has 0 radical (unpaired) electrons. The lowest BCUT2D eigenvalue weighted by molar-refractivity contribution is 0.126. The van der Waals surface area contributed by atoms with Gasteiger partial charge in [-0.05, 0) is 26.3 Å². The number of aromatic nitrogens is 2. The second-order valence-corrected chi connectivity index (χ2v) is 7.00. The molecule has 0 aliphatic carbocycles. The van der Waals surface area contributed by atoms with Gasteiger partial charge in [0.2, 0.25) is 10.0 Å². The Morgan fingerprint density at radius 3 is 3.00 bits per heavy atom. The van der Waals surface area contributed by atoms with E-state index in [1.165, 1.54) is 6.20 Å². The molecule has 1 aromatic heterocycles. The monoisotopic (exact) mass is 316 g/mol. The number of ether oxygens (including phenoxy) is 1. The van der Waals surface area contributed by atoms with Crippen molar-refractivity contribution < 1.29 is 13.2 Å². The highest BCUT2D eigenvalue weighted by Crippen LogP contribution is 2.14. The first-order valence-electron chi connectivity index (χ1n) is 7.31. The molecule has 1 aromatic rings. The quantitative estimate of drug-likeness (QED) is 0.782. The minimum atomic E-state index is -3.48. The van der Waals surface area contributed by atoms with E-state index in [0.29, 0.717) is 13.2 Å². The Kier molecular flexibility index (Phi) is 5.74. The maximum absolute atomic E-state index is 12.3. The average Bonchev–Trinajstić information content (AvgIpc) is 2.95. The Labute approximate surface area is 126 Å². The number of methoxy groups -OCH3 is 1. The third-order valence-corrected chi connectivity index (χ3v) is 5.16. The number of rotatable bonds is 7. The molecule has 7 nitrogen and oxygen atoms in total. The molecule has 1 aliphatic heterocycles. The molecule has 2 heterocycles. The van der Waals surface area contributed by atoms with Crippen LogP contribution in [0.15, 0.2) is 17.3 Å². The van der Waals surface area contributed by atoms with E-state index in [0.717, 1.165) is 32.5 Å². The number of nitrogens with zero attached hydrogens (tertiary/aromatic N) is 3. The van der Waals surface area contributed by atoms with Crippen molar-refractivity contribution in [1.29, 1.82) is 0 Å². The van der Waals surface area contributed by atoms with E-state index in [1.54, 1.807) is 18.0 Å². The molecule has 0 spiro atoms. The van der Waals surface area contributed by atoms with Crippen molar-refractivity contribution in [2.24, 2.45) is 0 Å². The zero-order valence-corrected chi connectivity index (χ0v) is 13.5. The summed E-state index contributed by atoms with van der Waals surface area (Å²) in [6.07, 6.45) is 4.82. The summed E-state index contributed by atoms with van der Waals surface area (Å²) >= 11 is 0. The normalized spacial score (nSPS) is 20.8. The van der Waals surface area contributed by atoms with Crippen LogP contribution in [0, 0.1) is 0 Å². The van der Waals surface area contributed by atoms with Crippen LogP contribution in [0.3, 0.4) is 0 Å². The van der Waals surface area contributed by atoms with E-state index < -0.39 is 10.0 Å². The topological polar surface area (TPSA) is 76.5 Å². The van der Waals surface area contributed by atoms with Gasteiger partial charge in [0, 0.05) is 39.0 Å². The van der Waals surface area contributed by atoms with Crippen LogP contribution in [0.5, 0.6) is 0 Å². The molecule has 21 heavy (non-hydrogen) atoms. The molecule has 0 unspecified atom stereocenters. The first-order valence-corrected chi connectivity index (χ1v) is 8.79. The Balaban J connectivity index is 1.96. The van der Waals surface area contributed by atoms with Crippen molar-refractivity contribution in [2.75, 3.05) is 33.4 Å².